The molecule has 0 spiro atoms. The number of hydrogen-bond acceptors (Lipinski definition) is 2. The van der Waals surface area contributed by atoms with Gasteiger partial charge in [0.05, 0.1) is 5.01 Å². The van der Waals surface area contributed by atoms with Crippen molar-refractivity contribution in [1.29, 1.82) is 0 Å². The predicted molar refractivity (Wildman–Crippen MR) is 60.7 cm³/mol. The zero-order valence-electron chi connectivity index (χ0n) is 8.32. The summed E-state index contributed by atoms with van der Waals surface area (Å²) < 4.78 is 1.25. The first-order valence-electron chi connectivity index (χ1n) is 4.51. The molecule has 3 rings (SSSR count). The summed E-state index contributed by atoms with van der Waals surface area (Å²) in [4.78, 5) is 4.43. The molecule has 0 fully saturated rings. The summed E-state index contributed by atoms with van der Waals surface area (Å²) in [5.74, 6) is 0. The van der Waals surface area contributed by atoms with E-state index in [-0.39, 0.29) is 32.7 Å². The van der Waals surface area contributed by atoms with Crippen molar-refractivity contribution in [3.05, 3.63) is 41.4 Å². The Hall–Kier alpha value is -0.306. The second kappa shape index (κ2) is 4.28. The van der Waals surface area contributed by atoms with Gasteiger partial charge in [0.2, 0.25) is 0 Å². The fourth-order valence-electron chi connectivity index (χ4n) is 1.68. The van der Waals surface area contributed by atoms with E-state index in [1.165, 1.54) is 15.5 Å². The summed E-state index contributed by atoms with van der Waals surface area (Å²) >= 11 is 1.74. The monoisotopic (exact) mass is 287 g/mol. The molecule has 0 saturated carbocycles. The summed E-state index contributed by atoms with van der Waals surface area (Å²) in [5.41, 5.74) is 0.992. The van der Waals surface area contributed by atoms with Crippen LogP contribution >= 0.6 is 11.3 Å². The molecule has 0 N–H and O–H groups in total. The fraction of sp³-hybridized carbons (Fsp3) is 0.0833. The largest absolute Gasteiger partial charge is 0.269 e. The van der Waals surface area contributed by atoms with Gasteiger partial charge in [-0.25, -0.2) is 0 Å². The minimum atomic E-state index is 0. The van der Waals surface area contributed by atoms with E-state index in [2.05, 4.69) is 35.3 Å². The first-order chi connectivity index (χ1) is 6.84. The summed E-state index contributed by atoms with van der Waals surface area (Å²) in [5, 5.41) is 3.63. The van der Waals surface area contributed by atoms with Crippen LogP contribution in [-0.4, -0.2) is 4.98 Å². The van der Waals surface area contributed by atoms with E-state index in [4.69, 9.17) is 0 Å². The van der Waals surface area contributed by atoms with Crippen molar-refractivity contribution >= 4 is 32.3 Å². The molecular weight excluding hydrogens is 279 g/mol. The molecule has 1 aromatic heterocycles. The molecule has 0 aliphatic carbocycles. The average Bonchev–Trinajstić information content (AvgIpc) is 2.59. The third kappa shape index (κ3) is 1.86. The molecule has 2 aromatic carbocycles. The number of thiazole rings is 1. The van der Waals surface area contributed by atoms with Crippen LogP contribution in [0.1, 0.15) is 5.01 Å². The number of benzene rings is 2. The maximum atomic E-state index is 4.43. The number of rotatable bonds is 0. The Morgan fingerprint density at radius 2 is 2.07 bits per heavy atom. The topological polar surface area (TPSA) is 12.9 Å². The van der Waals surface area contributed by atoms with Crippen LogP contribution in [0.2, 0.25) is 0 Å². The van der Waals surface area contributed by atoms with Gasteiger partial charge in [0.25, 0.3) is 0 Å². The van der Waals surface area contributed by atoms with Gasteiger partial charge in [0.15, 0.2) is 0 Å². The van der Waals surface area contributed by atoms with E-state index in [1.54, 1.807) is 11.3 Å². The van der Waals surface area contributed by atoms with Gasteiger partial charge in [-0.1, -0.05) is 18.2 Å². The molecule has 0 saturated heterocycles. The third-order valence-corrected chi connectivity index (χ3v) is 3.31. The molecule has 1 nitrogen and oxygen atoms in total. The first-order valence-corrected chi connectivity index (χ1v) is 5.33. The Morgan fingerprint density at radius 3 is 2.93 bits per heavy atom. The normalized spacial score (nSPS) is 10.5. The molecule has 0 aliphatic rings. The van der Waals surface area contributed by atoms with Gasteiger partial charge in [-0.05, 0) is 17.1 Å². The van der Waals surface area contributed by atoms with Crippen LogP contribution in [-0.2, 0) is 32.7 Å². The van der Waals surface area contributed by atoms with E-state index in [1.807, 2.05) is 13.0 Å². The molecule has 0 atom stereocenters. The quantitative estimate of drug-likeness (QED) is 0.576. The Kier molecular flexibility index (Phi) is 3.20. The van der Waals surface area contributed by atoms with Gasteiger partial charge in [-0.3, -0.25) is 4.98 Å². The van der Waals surface area contributed by atoms with E-state index in [0.717, 1.165) is 10.5 Å². The second-order valence-electron chi connectivity index (χ2n) is 3.29. The average molecular weight is 287 g/mol. The van der Waals surface area contributed by atoms with Crippen LogP contribution in [0.4, 0.5) is 0 Å². The van der Waals surface area contributed by atoms with Crippen molar-refractivity contribution in [3.8, 4) is 0 Å². The van der Waals surface area contributed by atoms with Gasteiger partial charge in [0.1, 0.15) is 0 Å². The van der Waals surface area contributed by atoms with E-state index in [9.17, 15) is 0 Å². The number of fused-ring (bicyclic) bond motifs is 3. The first kappa shape index (κ1) is 11.2. The summed E-state index contributed by atoms with van der Waals surface area (Å²) in [6, 6.07) is 13.6. The van der Waals surface area contributed by atoms with E-state index >= 15 is 0 Å². The molecule has 0 bridgehead atoms. The zero-order valence-corrected chi connectivity index (χ0v) is 12.0. The molecule has 0 amide bonds. The predicted octanol–water partition coefficient (Wildman–Crippen LogP) is 3.56. The van der Waals surface area contributed by atoms with Crippen molar-refractivity contribution in [2.24, 2.45) is 0 Å². The fourth-order valence-corrected chi connectivity index (χ4v) is 2.61. The summed E-state index contributed by atoms with van der Waals surface area (Å²) in [6.07, 6.45) is 0. The molecule has 0 aliphatic heterocycles. The standard InChI is InChI=1S/C12H8NS.Y/c1-8-13-11-7-6-9-4-2-3-5-10(9)12(11)14-8;/h2-6H,1H3;/q-1;. The maximum absolute atomic E-state index is 4.43. The molecule has 1 heterocycles. The van der Waals surface area contributed by atoms with Crippen molar-refractivity contribution in [3.63, 3.8) is 0 Å². The Balaban J connectivity index is 0.000000853. The minimum Gasteiger partial charge on any atom is -0.269 e. The minimum absolute atomic E-state index is 0. The van der Waals surface area contributed by atoms with Crippen LogP contribution in [0, 0.1) is 13.0 Å². The molecule has 15 heavy (non-hydrogen) atoms. The maximum Gasteiger partial charge on any atom is 0.0761 e. The molecule has 3 aromatic rings. The third-order valence-electron chi connectivity index (χ3n) is 2.30. The van der Waals surface area contributed by atoms with Crippen molar-refractivity contribution in [2.45, 2.75) is 6.92 Å². The van der Waals surface area contributed by atoms with Crippen molar-refractivity contribution < 1.29 is 32.7 Å². The van der Waals surface area contributed by atoms with Crippen LogP contribution in [0.15, 0.2) is 30.3 Å². The number of hydrogen-bond donors (Lipinski definition) is 0. The van der Waals surface area contributed by atoms with Gasteiger partial charge in [-0.2, -0.15) is 23.5 Å². The van der Waals surface area contributed by atoms with Crippen LogP contribution < -0.4 is 0 Å². The summed E-state index contributed by atoms with van der Waals surface area (Å²) in [7, 11) is 0. The van der Waals surface area contributed by atoms with Crippen molar-refractivity contribution in [1.82, 2.24) is 4.98 Å². The number of nitrogens with zero attached hydrogens (tertiary/aromatic N) is 1. The van der Waals surface area contributed by atoms with E-state index in [0.29, 0.717) is 0 Å². The van der Waals surface area contributed by atoms with E-state index < -0.39 is 0 Å². The summed E-state index contributed by atoms with van der Waals surface area (Å²) in [6.45, 7) is 2.04. The Bertz CT molecular complexity index is 615. The van der Waals surface area contributed by atoms with Gasteiger partial charge in [0, 0.05) is 32.7 Å². The Morgan fingerprint density at radius 1 is 1.27 bits per heavy atom. The number of aromatic nitrogens is 1. The number of aryl methyl sites for hydroxylation is 1. The SMILES string of the molecule is Cc1nc2[c-]cc3ccccc3c2s1.[Y]. The van der Waals surface area contributed by atoms with Gasteiger partial charge >= 0.3 is 0 Å². The molecule has 1 radical (unpaired) electrons. The Labute approximate surface area is 117 Å². The smallest absolute Gasteiger partial charge is 0.0761 e. The second-order valence-corrected chi connectivity index (χ2v) is 4.49. The zero-order chi connectivity index (χ0) is 9.54. The molecular formula is C12H8NSY-. The molecule has 71 valence electrons. The van der Waals surface area contributed by atoms with Crippen molar-refractivity contribution in [2.75, 3.05) is 0 Å². The van der Waals surface area contributed by atoms with Gasteiger partial charge < -0.3 is 0 Å². The van der Waals surface area contributed by atoms with Gasteiger partial charge in [-0.15, -0.1) is 16.8 Å². The molecule has 3 heteroatoms. The molecule has 0 unspecified atom stereocenters. The van der Waals surface area contributed by atoms with Crippen LogP contribution in [0.5, 0.6) is 0 Å². The van der Waals surface area contributed by atoms with Crippen LogP contribution in [0.25, 0.3) is 21.0 Å². The van der Waals surface area contributed by atoms with Crippen LogP contribution in [0.3, 0.4) is 0 Å².